The van der Waals surface area contributed by atoms with E-state index in [1.54, 1.807) is 11.3 Å². The highest BCUT2D eigenvalue weighted by atomic mass is 32.1. The first-order chi connectivity index (χ1) is 10.4. The SMILES string of the molecule is C=CC1c2ccccc2C=CC1c1ccc2sccc2c1. The van der Waals surface area contributed by atoms with Gasteiger partial charge in [0.05, 0.1) is 0 Å². The third-order valence-electron chi connectivity index (χ3n) is 4.34. The van der Waals surface area contributed by atoms with Crippen molar-refractivity contribution >= 4 is 27.5 Å². The van der Waals surface area contributed by atoms with Gasteiger partial charge in [0.25, 0.3) is 0 Å². The lowest BCUT2D eigenvalue weighted by molar-refractivity contribution is 0.732. The molecule has 1 aromatic heterocycles. The van der Waals surface area contributed by atoms with Gasteiger partial charge in [-0.1, -0.05) is 48.6 Å². The first-order valence-corrected chi connectivity index (χ1v) is 8.11. The summed E-state index contributed by atoms with van der Waals surface area (Å²) < 4.78 is 1.36. The maximum atomic E-state index is 4.08. The second-order valence-corrected chi connectivity index (χ2v) is 6.44. The number of thiophene rings is 1. The molecule has 1 aliphatic carbocycles. The molecule has 4 rings (SSSR count). The molecule has 0 amide bonds. The quantitative estimate of drug-likeness (QED) is 0.509. The fourth-order valence-corrected chi connectivity index (χ4v) is 4.04. The van der Waals surface area contributed by atoms with Crippen LogP contribution in [0, 0.1) is 0 Å². The predicted molar refractivity (Wildman–Crippen MR) is 93.0 cm³/mol. The molecular formula is C20H16S. The van der Waals surface area contributed by atoms with Gasteiger partial charge in [0.15, 0.2) is 0 Å². The molecule has 0 aliphatic heterocycles. The Labute approximate surface area is 129 Å². The van der Waals surface area contributed by atoms with Gasteiger partial charge in [0, 0.05) is 16.5 Å². The lowest BCUT2D eigenvalue weighted by Gasteiger charge is -2.28. The van der Waals surface area contributed by atoms with Crippen LogP contribution < -0.4 is 0 Å². The normalized spacial score (nSPS) is 20.4. The van der Waals surface area contributed by atoms with Gasteiger partial charge in [0.1, 0.15) is 0 Å². The molecule has 0 N–H and O–H groups in total. The number of rotatable bonds is 2. The van der Waals surface area contributed by atoms with E-state index >= 15 is 0 Å². The van der Waals surface area contributed by atoms with E-state index in [1.807, 2.05) is 0 Å². The van der Waals surface area contributed by atoms with E-state index < -0.39 is 0 Å². The standard InChI is InChI=1S/C20H16S/c1-2-17-18-6-4-3-5-14(18)7-9-19(17)15-8-10-20-16(13-15)11-12-21-20/h2-13,17,19H,1H2. The number of allylic oxidation sites excluding steroid dienone is 2. The minimum Gasteiger partial charge on any atom is -0.144 e. The lowest BCUT2D eigenvalue weighted by Crippen LogP contribution is -2.11. The average Bonchev–Trinajstić information content (AvgIpc) is 3.01. The maximum absolute atomic E-state index is 4.08. The van der Waals surface area contributed by atoms with Crippen LogP contribution in [0.4, 0.5) is 0 Å². The Kier molecular flexibility index (Phi) is 3.01. The fraction of sp³-hybridized carbons (Fsp3) is 0.100. The van der Waals surface area contributed by atoms with Crippen LogP contribution in [0.3, 0.4) is 0 Å². The summed E-state index contributed by atoms with van der Waals surface area (Å²) >= 11 is 1.80. The molecule has 2 atom stereocenters. The summed E-state index contributed by atoms with van der Waals surface area (Å²) in [5.74, 6) is 0.726. The molecule has 21 heavy (non-hydrogen) atoms. The molecule has 0 fully saturated rings. The largest absolute Gasteiger partial charge is 0.144 e. The fourth-order valence-electron chi connectivity index (χ4n) is 3.27. The smallest absolute Gasteiger partial charge is 0.0342 e. The number of fused-ring (bicyclic) bond motifs is 2. The zero-order valence-corrected chi connectivity index (χ0v) is 12.5. The molecule has 0 saturated heterocycles. The molecule has 0 saturated carbocycles. The number of hydrogen-bond acceptors (Lipinski definition) is 1. The molecule has 2 aromatic carbocycles. The highest BCUT2D eigenvalue weighted by molar-refractivity contribution is 7.17. The summed E-state index contributed by atoms with van der Waals surface area (Å²) in [4.78, 5) is 0. The van der Waals surface area contributed by atoms with Gasteiger partial charge in [-0.15, -0.1) is 17.9 Å². The molecular weight excluding hydrogens is 272 g/mol. The molecule has 0 radical (unpaired) electrons. The van der Waals surface area contributed by atoms with E-state index in [-0.39, 0.29) is 0 Å². The highest BCUT2D eigenvalue weighted by Gasteiger charge is 2.25. The van der Waals surface area contributed by atoms with Gasteiger partial charge in [-0.3, -0.25) is 0 Å². The Hall–Kier alpha value is -2.12. The van der Waals surface area contributed by atoms with E-state index in [0.29, 0.717) is 11.8 Å². The lowest BCUT2D eigenvalue weighted by atomic mass is 9.76. The minimum absolute atomic E-state index is 0.349. The summed E-state index contributed by atoms with van der Waals surface area (Å²) in [6, 6.07) is 17.6. The van der Waals surface area contributed by atoms with Gasteiger partial charge < -0.3 is 0 Å². The molecule has 1 aliphatic rings. The van der Waals surface area contributed by atoms with Crippen LogP contribution in [-0.2, 0) is 0 Å². The summed E-state index contributed by atoms with van der Waals surface area (Å²) in [5.41, 5.74) is 4.07. The first-order valence-electron chi connectivity index (χ1n) is 7.23. The van der Waals surface area contributed by atoms with E-state index in [2.05, 4.69) is 78.7 Å². The molecule has 1 heterocycles. The second kappa shape index (κ2) is 5.01. The van der Waals surface area contributed by atoms with Crippen molar-refractivity contribution in [2.75, 3.05) is 0 Å². The summed E-state index contributed by atoms with van der Waals surface area (Å²) in [6.45, 7) is 4.08. The van der Waals surface area contributed by atoms with Crippen LogP contribution in [0.1, 0.15) is 28.5 Å². The third kappa shape index (κ3) is 2.05. The third-order valence-corrected chi connectivity index (χ3v) is 5.24. The van der Waals surface area contributed by atoms with Crippen molar-refractivity contribution in [3.05, 3.63) is 89.3 Å². The van der Waals surface area contributed by atoms with Gasteiger partial charge in [-0.2, -0.15) is 0 Å². The Morgan fingerprint density at radius 3 is 2.86 bits per heavy atom. The monoisotopic (exact) mass is 288 g/mol. The van der Waals surface area contributed by atoms with Crippen molar-refractivity contribution in [1.29, 1.82) is 0 Å². The van der Waals surface area contributed by atoms with Gasteiger partial charge in [-0.05, 0) is 45.7 Å². The molecule has 102 valence electrons. The zero-order valence-electron chi connectivity index (χ0n) is 11.7. The van der Waals surface area contributed by atoms with Crippen LogP contribution in [0.2, 0.25) is 0 Å². The summed E-state index contributed by atoms with van der Waals surface area (Å²) in [5, 5.41) is 3.50. The second-order valence-electron chi connectivity index (χ2n) is 5.49. The summed E-state index contributed by atoms with van der Waals surface area (Å²) in [6.07, 6.45) is 6.66. The van der Waals surface area contributed by atoms with Crippen molar-refractivity contribution in [2.45, 2.75) is 11.8 Å². The van der Waals surface area contributed by atoms with Crippen LogP contribution >= 0.6 is 11.3 Å². The van der Waals surface area contributed by atoms with Crippen LogP contribution in [0.15, 0.2) is 72.6 Å². The maximum Gasteiger partial charge on any atom is 0.0342 e. The van der Waals surface area contributed by atoms with Gasteiger partial charge in [0.2, 0.25) is 0 Å². The van der Waals surface area contributed by atoms with Crippen molar-refractivity contribution < 1.29 is 0 Å². The molecule has 0 spiro atoms. The predicted octanol–water partition coefficient (Wildman–Crippen LogP) is 5.98. The minimum atomic E-state index is 0.349. The van der Waals surface area contributed by atoms with Gasteiger partial charge >= 0.3 is 0 Å². The average molecular weight is 288 g/mol. The van der Waals surface area contributed by atoms with Crippen LogP contribution in [0.5, 0.6) is 0 Å². The molecule has 2 unspecified atom stereocenters. The Bertz CT molecular complexity index is 838. The Balaban J connectivity index is 1.83. The van der Waals surface area contributed by atoms with E-state index in [4.69, 9.17) is 0 Å². The van der Waals surface area contributed by atoms with Crippen LogP contribution in [0.25, 0.3) is 16.2 Å². The Morgan fingerprint density at radius 2 is 1.95 bits per heavy atom. The van der Waals surface area contributed by atoms with Gasteiger partial charge in [-0.25, -0.2) is 0 Å². The highest BCUT2D eigenvalue weighted by Crippen LogP contribution is 2.41. The van der Waals surface area contributed by atoms with E-state index in [0.717, 1.165) is 0 Å². The van der Waals surface area contributed by atoms with Crippen LogP contribution in [-0.4, -0.2) is 0 Å². The molecule has 0 nitrogen and oxygen atoms in total. The van der Waals surface area contributed by atoms with E-state index in [1.165, 1.54) is 26.8 Å². The van der Waals surface area contributed by atoms with Crippen molar-refractivity contribution in [3.63, 3.8) is 0 Å². The molecule has 3 aromatic rings. The van der Waals surface area contributed by atoms with Crippen molar-refractivity contribution in [3.8, 4) is 0 Å². The number of hydrogen-bond donors (Lipinski definition) is 0. The van der Waals surface area contributed by atoms with Crippen molar-refractivity contribution in [2.24, 2.45) is 0 Å². The Morgan fingerprint density at radius 1 is 1.05 bits per heavy atom. The topological polar surface area (TPSA) is 0 Å². The van der Waals surface area contributed by atoms with Crippen molar-refractivity contribution in [1.82, 2.24) is 0 Å². The van der Waals surface area contributed by atoms with E-state index in [9.17, 15) is 0 Å². The summed E-state index contributed by atoms with van der Waals surface area (Å²) in [7, 11) is 0. The first kappa shape index (κ1) is 12.6. The molecule has 1 heteroatoms. The zero-order chi connectivity index (χ0) is 14.2. The molecule has 0 bridgehead atoms. The number of benzene rings is 2.